The molecule has 0 saturated heterocycles. The van der Waals surface area contributed by atoms with Gasteiger partial charge < -0.3 is 15.2 Å². The van der Waals surface area contributed by atoms with E-state index in [9.17, 15) is 9.59 Å². The monoisotopic (exact) mass is 273 g/mol. The first kappa shape index (κ1) is 17.9. The lowest BCUT2D eigenvalue weighted by Crippen LogP contribution is -2.43. The van der Waals surface area contributed by atoms with E-state index in [-0.39, 0.29) is 0 Å². The first-order valence-electron chi connectivity index (χ1n) is 6.89. The van der Waals surface area contributed by atoms with Gasteiger partial charge in [-0.1, -0.05) is 34.1 Å². The summed E-state index contributed by atoms with van der Waals surface area (Å²) in [5.74, 6) is -2.52. The van der Waals surface area contributed by atoms with Crippen LogP contribution in [0.25, 0.3) is 0 Å². The van der Waals surface area contributed by atoms with Gasteiger partial charge in [0.15, 0.2) is 0 Å². The van der Waals surface area contributed by atoms with Gasteiger partial charge in [-0.3, -0.25) is 9.59 Å². The van der Waals surface area contributed by atoms with Crippen molar-refractivity contribution >= 4 is 11.9 Å². The lowest BCUT2D eigenvalue weighted by atomic mass is 9.80. The fourth-order valence-electron chi connectivity index (χ4n) is 1.71. The summed E-state index contributed by atoms with van der Waals surface area (Å²) in [7, 11) is 0. The molecule has 0 radical (unpaired) electrons. The van der Waals surface area contributed by atoms with E-state index in [0.29, 0.717) is 19.6 Å². The van der Waals surface area contributed by atoms with Gasteiger partial charge in [0.25, 0.3) is 0 Å². The van der Waals surface area contributed by atoms with Gasteiger partial charge in [-0.2, -0.15) is 0 Å². The van der Waals surface area contributed by atoms with Crippen molar-refractivity contribution < 1.29 is 19.4 Å². The molecule has 0 heterocycles. The number of amides is 1. The average molecular weight is 273 g/mol. The Morgan fingerprint density at radius 1 is 1.21 bits per heavy atom. The zero-order valence-electron chi connectivity index (χ0n) is 12.5. The number of carbonyl (C=O) groups excluding carboxylic acids is 1. The molecule has 112 valence electrons. The topological polar surface area (TPSA) is 75.6 Å². The summed E-state index contributed by atoms with van der Waals surface area (Å²) in [6.45, 7) is 9.13. The largest absolute Gasteiger partial charge is 0.481 e. The second kappa shape index (κ2) is 8.91. The van der Waals surface area contributed by atoms with E-state index in [1.165, 1.54) is 0 Å². The summed E-state index contributed by atoms with van der Waals surface area (Å²) < 4.78 is 5.36. The van der Waals surface area contributed by atoms with Crippen LogP contribution in [0, 0.1) is 11.3 Å². The van der Waals surface area contributed by atoms with Crippen LogP contribution in [-0.4, -0.2) is 36.7 Å². The van der Waals surface area contributed by atoms with E-state index in [2.05, 4.69) is 12.2 Å². The number of ether oxygens (including phenoxy) is 1. The Kier molecular flexibility index (Phi) is 8.39. The maximum atomic E-state index is 11.8. The Morgan fingerprint density at radius 2 is 1.79 bits per heavy atom. The van der Waals surface area contributed by atoms with Gasteiger partial charge in [0.05, 0.1) is 0 Å². The predicted molar refractivity (Wildman–Crippen MR) is 73.9 cm³/mol. The minimum Gasteiger partial charge on any atom is -0.481 e. The fourth-order valence-corrected chi connectivity index (χ4v) is 1.71. The number of hydrogen-bond acceptors (Lipinski definition) is 3. The lowest BCUT2D eigenvalue weighted by Gasteiger charge is -2.25. The highest BCUT2D eigenvalue weighted by Crippen LogP contribution is 2.26. The summed E-state index contributed by atoms with van der Waals surface area (Å²) >= 11 is 0. The summed E-state index contributed by atoms with van der Waals surface area (Å²) in [5, 5.41) is 11.8. The molecule has 0 aromatic rings. The van der Waals surface area contributed by atoms with Gasteiger partial charge in [-0.25, -0.2) is 0 Å². The van der Waals surface area contributed by atoms with Gasteiger partial charge in [-0.15, -0.1) is 0 Å². The zero-order chi connectivity index (χ0) is 14.9. The highest BCUT2D eigenvalue weighted by atomic mass is 16.5. The Labute approximate surface area is 115 Å². The molecule has 0 aromatic heterocycles. The summed E-state index contributed by atoms with van der Waals surface area (Å²) in [6, 6.07) is 0. The second-order valence-electron chi connectivity index (χ2n) is 5.75. The molecular weight excluding hydrogens is 246 g/mol. The van der Waals surface area contributed by atoms with Crippen LogP contribution in [0.3, 0.4) is 0 Å². The van der Waals surface area contributed by atoms with Crippen LogP contribution in [0.5, 0.6) is 0 Å². The average Bonchev–Trinajstić information content (AvgIpc) is 2.25. The van der Waals surface area contributed by atoms with E-state index < -0.39 is 23.2 Å². The number of carboxylic acid groups (broad SMARTS) is 1. The third kappa shape index (κ3) is 7.82. The fraction of sp³-hybridized carbons (Fsp3) is 0.857. The molecule has 0 fully saturated rings. The molecule has 0 bridgehead atoms. The molecule has 0 aromatic carbocycles. The van der Waals surface area contributed by atoms with Crippen molar-refractivity contribution in [2.75, 3.05) is 19.8 Å². The Morgan fingerprint density at radius 3 is 2.26 bits per heavy atom. The summed E-state index contributed by atoms with van der Waals surface area (Å²) in [5.41, 5.74) is -0.590. The van der Waals surface area contributed by atoms with Gasteiger partial charge in [0.1, 0.15) is 5.92 Å². The molecule has 2 N–H and O–H groups in total. The van der Waals surface area contributed by atoms with Crippen molar-refractivity contribution in [2.45, 2.75) is 47.0 Å². The van der Waals surface area contributed by atoms with Crippen molar-refractivity contribution in [3.8, 4) is 0 Å². The van der Waals surface area contributed by atoms with Crippen molar-refractivity contribution in [3.05, 3.63) is 0 Å². The third-order valence-corrected chi connectivity index (χ3v) is 2.78. The maximum absolute atomic E-state index is 11.8. The molecular formula is C14H27NO4. The maximum Gasteiger partial charge on any atom is 0.316 e. The molecule has 0 aliphatic heterocycles. The molecule has 1 atom stereocenters. The third-order valence-electron chi connectivity index (χ3n) is 2.78. The zero-order valence-corrected chi connectivity index (χ0v) is 12.5. The highest BCUT2D eigenvalue weighted by Gasteiger charge is 2.37. The normalized spacial score (nSPS) is 13.1. The van der Waals surface area contributed by atoms with Gasteiger partial charge in [0, 0.05) is 19.8 Å². The first-order valence-corrected chi connectivity index (χ1v) is 6.89. The molecule has 0 aliphatic carbocycles. The first-order chi connectivity index (χ1) is 8.80. The summed E-state index contributed by atoms with van der Waals surface area (Å²) in [4.78, 5) is 22.9. The van der Waals surface area contributed by atoms with Crippen LogP contribution >= 0.6 is 0 Å². The molecule has 1 unspecified atom stereocenters. The Hall–Kier alpha value is -1.10. The number of hydrogen-bond donors (Lipinski definition) is 2. The van der Waals surface area contributed by atoms with Gasteiger partial charge in [0.2, 0.25) is 5.91 Å². The van der Waals surface area contributed by atoms with E-state index >= 15 is 0 Å². The molecule has 0 spiro atoms. The SMILES string of the molecule is CCCCOCCCNC(=O)C(C(=O)O)C(C)(C)C. The molecule has 0 saturated carbocycles. The smallest absolute Gasteiger partial charge is 0.316 e. The second-order valence-corrected chi connectivity index (χ2v) is 5.75. The van der Waals surface area contributed by atoms with Crippen LogP contribution in [0.15, 0.2) is 0 Å². The molecule has 0 rings (SSSR count). The van der Waals surface area contributed by atoms with Crippen molar-refractivity contribution in [2.24, 2.45) is 11.3 Å². The van der Waals surface area contributed by atoms with Gasteiger partial charge in [-0.05, 0) is 18.3 Å². The molecule has 0 aliphatic rings. The summed E-state index contributed by atoms with van der Waals surface area (Å²) in [6.07, 6.45) is 2.84. The van der Waals surface area contributed by atoms with Crippen LogP contribution < -0.4 is 5.32 Å². The number of nitrogens with one attached hydrogen (secondary N) is 1. The van der Waals surface area contributed by atoms with E-state index in [0.717, 1.165) is 19.4 Å². The Balaban J connectivity index is 3.93. The van der Waals surface area contributed by atoms with Crippen LogP contribution in [0.4, 0.5) is 0 Å². The van der Waals surface area contributed by atoms with Crippen molar-refractivity contribution in [3.63, 3.8) is 0 Å². The Bertz CT molecular complexity index is 284. The van der Waals surface area contributed by atoms with Crippen molar-refractivity contribution in [1.29, 1.82) is 0 Å². The molecule has 5 nitrogen and oxygen atoms in total. The predicted octanol–water partition coefficient (Wildman–Crippen LogP) is 2.06. The molecule has 5 heteroatoms. The van der Waals surface area contributed by atoms with E-state index in [1.807, 2.05) is 0 Å². The number of aliphatic carboxylic acids is 1. The van der Waals surface area contributed by atoms with Crippen molar-refractivity contribution in [1.82, 2.24) is 5.32 Å². The number of carbonyl (C=O) groups is 2. The van der Waals surface area contributed by atoms with Gasteiger partial charge >= 0.3 is 5.97 Å². The van der Waals surface area contributed by atoms with Crippen LogP contribution in [0.1, 0.15) is 47.0 Å². The highest BCUT2D eigenvalue weighted by molar-refractivity contribution is 5.97. The number of rotatable bonds is 9. The molecule has 1 amide bonds. The lowest BCUT2D eigenvalue weighted by molar-refractivity contribution is -0.151. The number of unbranched alkanes of at least 4 members (excludes halogenated alkanes) is 1. The van der Waals surface area contributed by atoms with Crippen LogP contribution in [-0.2, 0) is 14.3 Å². The molecule has 19 heavy (non-hydrogen) atoms. The standard InChI is InChI=1S/C14H27NO4/c1-5-6-9-19-10-7-8-15-12(16)11(13(17)18)14(2,3)4/h11H,5-10H2,1-4H3,(H,15,16)(H,17,18). The van der Waals surface area contributed by atoms with Crippen LogP contribution in [0.2, 0.25) is 0 Å². The minimum atomic E-state index is -1.08. The van der Waals surface area contributed by atoms with E-state index in [1.54, 1.807) is 20.8 Å². The quantitative estimate of drug-likeness (QED) is 0.498. The minimum absolute atomic E-state index is 0.423. The number of carboxylic acids is 1. The van der Waals surface area contributed by atoms with E-state index in [4.69, 9.17) is 9.84 Å².